The molecule has 0 N–H and O–H groups in total. The average Bonchev–Trinajstić information content (AvgIpc) is 2.29. The molecular formula is C13H8F3IO. The topological polar surface area (TPSA) is 9.23 Å². The summed E-state index contributed by atoms with van der Waals surface area (Å²) in [6, 6.07) is 13.3. The zero-order chi connectivity index (χ0) is 13.2. The second-order valence-corrected chi connectivity index (χ2v) is 4.80. The van der Waals surface area contributed by atoms with Crippen LogP contribution in [0.5, 0.6) is 5.75 Å². The van der Waals surface area contributed by atoms with E-state index >= 15 is 0 Å². The van der Waals surface area contributed by atoms with Crippen LogP contribution in [0, 0.1) is 3.57 Å². The lowest BCUT2D eigenvalue weighted by molar-refractivity contribution is -0.274. The van der Waals surface area contributed by atoms with E-state index in [1.54, 1.807) is 24.3 Å². The first-order chi connectivity index (χ1) is 8.46. The van der Waals surface area contributed by atoms with Crippen molar-refractivity contribution in [3.05, 3.63) is 52.1 Å². The Morgan fingerprint density at radius 1 is 0.889 bits per heavy atom. The van der Waals surface area contributed by atoms with E-state index in [-0.39, 0.29) is 5.75 Å². The summed E-state index contributed by atoms with van der Waals surface area (Å²) in [5, 5.41) is 0. The quantitative estimate of drug-likeness (QED) is 0.692. The van der Waals surface area contributed by atoms with Gasteiger partial charge in [0, 0.05) is 9.13 Å². The van der Waals surface area contributed by atoms with Crippen LogP contribution in [0.25, 0.3) is 11.1 Å². The van der Waals surface area contributed by atoms with Gasteiger partial charge >= 0.3 is 6.36 Å². The van der Waals surface area contributed by atoms with Crippen molar-refractivity contribution in [2.24, 2.45) is 0 Å². The van der Waals surface area contributed by atoms with Gasteiger partial charge in [0.15, 0.2) is 0 Å². The molecule has 0 bridgehead atoms. The molecule has 0 fully saturated rings. The van der Waals surface area contributed by atoms with Gasteiger partial charge in [-0.1, -0.05) is 30.3 Å². The van der Waals surface area contributed by atoms with Crippen LogP contribution in [-0.4, -0.2) is 6.36 Å². The number of para-hydroxylation sites is 1. The lowest BCUT2D eigenvalue weighted by Gasteiger charge is -2.13. The highest BCUT2D eigenvalue weighted by molar-refractivity contribution is 14.1. The van der Waals surface area contributed by atoms with E-state index < -0.39 is 6.36 Å². The van der Waals surface area contributed by atoms with E-state index in [4.69, 9.17) is 0 Å². The summed E-state index contributed by atoms with van der Waals surface area (Å²) in [6.45, 7) is 0. The van der Waals surface area contributed by atoms with E-state index in [0.29, 0.717) is 11.1 Å². The molecule has 2 aromatic rings. The predicted molar refractivity (Wildman–Crippen MR) is 71.3 cm³/mol. The maximum Gasteiger partial charge on any atom is 0.573 e. The van der Waals surface area contributed by atoms with Gasteiger partial charge in [-0.15, -0.1) is 13.2 Å². The molecule has 0 heterocycles. The van der Waals surface area contributed by atoms with Crippen molar-refractivity contribution in [3.8, 4) is 16.9 Å². The molecule has 0 aliphatic heterocycles. The molecule has 2 aromatic carbocycles. The molecule has 0 unspecified atom stereocenters. The minimum atomic E-state index is -4.68. The molecule has 0 aliphatic rings. The van der Waals surface area contributed by atoms with Crippen LogP contribution in [0.3, 0.4) is 0 Å². The summed E-state index contributed by atoms with van der Waals surface area (Å²) < 4.78 is 41.9. The van der Waals surface area contributed by atoms with E-state index in [1.807, 2.05) is 12.1 Å². The summed E-state index contributed by atoms with van der Waals surface area (Å²) in [6.07, 6.45) is -4.68. The van der Waals surface area contributed by atoms with Crippen LogP contribution in [0.4, 0.5) is 13.2 Å². The van der Waals surface area contributed by atoms with Gasteiger partial charge in [-0.25, -0.2) is 0 Å². The van der Waals surface area contributed by atoms with Crippen LogP contribution in [0.15, 0.2) is 48.5 Å². The molecular weight excluding hydrogens is 356 g/mol. The monoisotopic (exact) mass is 364 g/mol. The molecule has 2 rings (SSSR count). The van der Waals surface area contributed by atoms with Crippen molar-refractivity contribution in [2.45, 2.75) is 6.36 Å². The molecule has 0 atom stereocenters. The first-order valence-corrected chi connectivity index (χ1v) is 6.14. The van der Waals surface area contributed by atoms with Gasteiger partial charge in [0.25, 0.3) is 0 Å². The zero-order valence-corrected chi connectivity index (χ0v) is 11.2. The Balaban J connectivity index is 2.41. The molecule has 0 amide bonds. The largest absolute Gasteiger partial charge is 0.573 e. The van der Waals surface area contributed by atoms with Crippen LogP contribution >= 0.6 is 22.6 Å². The molecule has 0 spiro atoms. The third-order valence-corrected chi connectivity index (χ3v) is 2.99. The average molecular weight is 364 g/mol. The molecule has 0 aliphatic carbocycles. The molecule has 94 valence electrons. The van der Waals surface area contributed by atoms with Gasteiger partial charge < -0.3 is 4.74 Å². The van der Waals surface area contributed by atoms with Gasteiger partial charge in [0.05, 0.1) is 0 Å². The summed E-state index contributed by atoms with van der Waals surface area (Å²) in [5.74, 6) is -0.189. The van der Waals surface area contributed by atoms with E-state index in [0.717, 1.165) is 3.57 Å². The molecule has 1 nitrogen and oxygen atoms in total. The van der Waals surface area contributed by atoms with Crippen LogP contribution < -0.4 is 4.74 Å². The number of alkyl halides is 3. The summed E-state index contributed by atoms with van der Waals surface area (Å²) >= 11 is 2.14. The molecule has 0 saturated carbocycles. The van der Waals surface area contributed by atoms with E-state index in [2.05, 4.69) is 27.3 Å². The highest BCUT2D eigenvalue weighted by Crippen LogP contribution is 2.33. The third kappa shape index (κ3) is 3.38. The minimum absolute atomic E-state index is 0.189. The first-order valence-electron chi connectivity index (χ1n) is 5.06. The standard InChI is InChI=1S/C13H8F3IO/c14-13(15,16)18-12-4-2-1-3-11(12)9-5-7-10(17)8-6-9/h1-8H. The van der Waals surface area contributed by atoms with Crippen molar-refractivity contribution in [1.29, 1.82) is 0 Å². The molecule has 18 heavy (non-hydrogen) atoms. The second kappa shape index (κ2) is 5.17. The number of rotatable bonds is 2. The Kier molecular flexibility index (Phi) is 3.79. The van der Waals surface area contributed by atoms with Gasteiger partial charge in [0.1, 0.15) is 5.75 Å². The molecule has 0 saturated heterocycles. The number of hydrogen-bond donors (Lipinski definition) is 0. The highest BCUT2D eigenvalue weighted by atomic mass is 127. The number of ether oxygens (including phenoxy) is 1. The van der Waals surface area contributed by atoms with Gasteiger partial charge in [-0.3, -0.25) is 0 Å². The SMILES string of the molecule is FC(F)(F)Oc1ccccc1-c1ccc(I)cc1. The Morgan fingerprint density at radius 3 is 2.11 bits per heavy atom. The number of halogens is 4. The summed E-state index contributed by atoms with van der Waals surface area (Å²) in [5.41, 5.74) is 1.11. The van der Waals surface area contributed by atoms with Crippen molar-refractivity contribution in [3.63, 3.8) is 0 Å². The van der Waals surface area contributed by atoms with E-state index in [1.165, 1.54) is 12.1 Å². The predicted octanol–water partition coefficient (Wildman–Crippen LogP) is 4.86. The van der Waals surface area contributed by atoms with Crippen LogP contribution in [0.1, 0.15) is 0 Å². The fraction of sp³-hybridized carbons (Fsp3) is 0.0769. The lowest BCUT2D eigenvalue weighted by Crippen LogP contribution is -2.17. The molecule has 5 heteroatoms. The first kappa shape index (κ1) is 13.2. The molecule has 0 radical (unpaired) electrons. The normalized spacial score (nSPS) is 11.3. The Bertz CT molecular complexity index is 535. The highest BCUT2D eigenvalue weighted by Gasteiger charge is 2.32. The Morgan fingerprint density at radius 2 is 1.50 bits per heavy atom. The second-order valence-electron chi connectivity index (χ2n) is 3.55. The Hall–Kier alpha value is -1.24. The van der Waals surface area contributed by atoms with Gasteiger partial charge in [-0.05, 0) is 46.4 Å². The Labute approximate surface area is 116 Å². The van der Waals surface area contributed by atoms with E-state index in [9.17, 15) is 13.2 Å². The smallest absolute Gasteiger partial charge is 0.405 e. The van der Waals surface area contributed by atoms with Crippen LogP contribution in [-0.2, 0) is 0 Å². The molecule has 0 aromatic heterocycles. The van der Waals surface area contributed by atoms with Gasteiger partial charge in [0.2, 0.25) is 0 Å². The van der Waals surface area contributed by atoms with Crippen molar-refractivity contribution in [1.82, 2.24) is 0 Å². The van der Waals surface area contributed by atoms with Crippen LogP contribution in [0.2, 0.25) is 0 Å². The van der Waals surface area contributed by atoms with Crippen molar-refractivity contribution >= 4 is 22.6 Å². The van der Waals surface area contributed by atoms with Crippen molar-refractivity contribution < 1.29 is 17.9 Å². The zero-order valence-electron chi connectivity index (χ0n) is 9.04. The minimum Gasteiger partial charge on any atom is -0.405 e. The van der Waals surface area contributed by atoms with Gasteiger partial charge in [-0.2, -0.15) is 0 Å². The fourth-order valence-corrected chi connectivity index (χ4v) is 1.91. The number of hydrogen-bond acceptors (Lipinski definition) is 1. The van der Waals surface area contributed by atoms with Crippen molar-refractivity contribution in [2.75, 3.05) is 0 Å². The third-order valence-electron chi connectivity index (χ3n) is 2.27. The number of benzene rings is 2. The maximum absolute atomic E-state index is 12.3. The summed E-state index contributed by atoms with van der Waals surface area (Å²) in [7, 11) is 0. The fourth-order valence-electron chi connectivity index (χ4n) is 1.55. The maximum atomic E-state index is 12.3. The lowest BCUT2D eigenvalue weighted by atomic mass is 10.1. The summed E-state index contributed by atoms with van der Waals surface area (Å²) in [4.78, 5) is 0.